The predicted molar refractivity (Wildman–Crippen MR) is 124 cm³/mol. The lowest BCUT2D eigenvalue weighted by Gasteiger charge is -2.25. The number of amides is 3. The van der Waals surface area contributed by atoms with Crippen molar-refractivity contribution in [1.82, 2.24) is 10.4 Å². The maximum atomic E-state index is 13.3. The highest BCUT2D eigenvalue weighted by molar-refractivity contribution is 6.30. The molecule has 0 aromatic heterocycles. The molecular formula is C24H33ClN2O6. The van der Waals surface area contributed by atoms with Crippen molar-refractivity contribution in [1.29, 1.82) is 0 Å². The Hall–Kier alpha value is -2.45. The number of imide groups is 1. The van der Waals surface area contributed by atoms with E-state index in [1.54, 1.807) is 45.9 Å². The molecule has 1 unspecified atom stereocenters. The van der Waals surface area contributed by atoms with Crippen LogP contribution in [0.25, 0.3) is 0 Å². The van der Waals surface area contributed by atoms with Gasteiger partial charge in [-0.25, -0.2) is 5.48 Å². The Balaban J connectivity index is 2.16. The van der Waals surface area contributed by atoms with Crippen LogP contribution < -0.4 is 10.2 Å². The summed E-state index contributed by atoms with van der Waals surface area (Å²) in [5.41, 5.74) is 2.53. The van der Waals surface area contributed by atoms with Gasteiger partial charge < -0.3 is 4.74 Å². The first kappa shape index (κ1) is 26.8. The lowest BCUT2D eigenvalue weighted by Crippen LogP contribution is -2.44. The van der Waals surface area contributed by atoms with Crippen molar-refractivity contribution >= 4 is 35.1 Å². The van der Waals surface area contributed by atoms with Crippen LogP contribution in [0.2, 0.25) is 5.02 Å². The summed E-state index contributed by atoms with van der Waals surface area (Å²) in [5.74, 6) is -2.27. The average molecular weight is 481 g/mol. The molecule has 0 bridgehead atoms. The number of rotatable bonds is 8. The first-order valence-electron chi connectivity index (χ1n) is 11.1. The van der Waals surface area contributed by atoms with Gasteiger partial charge in [0.05, 0.1) is 19.3 Å². The third-order valence-electron chi connectivity index (χ3n) is 5.47. The largest absolute Gasteiger partial charge is 0.496 e. The molecule has 33 heavy (non-hydrogen) atoms. The lowest BCUT2D eigenvalue weighted by molar-refractivity contribution is -0.155. The van der Waals surface area contributed by atoms with Gasteiger partial charge in [-0.2, -0.15) is 0 Å². The number of carbonyl (C=O) groups is 4. The maximum Gasteiger partial charge on any atom is 0.247 e. The number of ketones is 1. The van der Waals surface area contributed by atoms with Gasteiger partial charge >= 0.3 is 0 Å². The number of ether oxygens (including phenoxy) is 1. The molecule has 1 aliphatic rings. The Labute approximate surface area is 199 Å². The zero-order valence-corrected chi connectivity index (χ0v) is 20.7. The Morgan fingerprint density at radius 2 is 1.97 bits per heavy atom. The van der Waals surface area contributed by atoms with Crippen LogP contribution in [0.5, 0.6) is 5.75 Å². The SMILES string of the molecule is CC[C@@H](CC(=O)N1CC(=O)CCC(Cc2cc(Cl)ccc2OC)C1=O)C(=O)NOC(C)(C)C. The zero-order chi connectivity index (χ0) is 24.8. The van der Waals surface area contributed by atoms with E-state index in [2.05, 4.69) is 5.48 Å². The number of likely N-dealkylation sites (tertiary alicyclic amines) is 1. The van der Waals surface area contributed by atoms with Gasteiger partial charge in [-0.3, -0.25) is 28.9 Å². The molecule has 2 rings (SSSR count). The van der Waals surface area contributed by atoms with E-state index in [9.17, 15) is 19.2 Å². The highest BCUT2D eigenvalue weighted by Gasteiger charge is 2.36. The molecule has 9 heteroatoms. The molecule has 8 nitrogen and oxygen atoms in total. The summed E-state index contributed by atoms with van der Waals surface area (Å²) in [6.45, 7) is 6.86. The highest BCUT2D eigenvalue weighted by Crippen LogP contribution is 2.29. The molecule has 0 spiro atoms. The molecule has 0 aliphatic carbocycles. The number of carbonyl (C=O) groups excluding carboxylic acids is 4. The molecule has 1 aromatic rings. The van der Waals surface area contributed by atoms with Gasteiger partial charge in [-0.15, -0.1) is 0 Å². The van der Waals surface area contributed by atoms with Crippen LogP contribution in [0, 0.1) is 11.8 Å². The molecular weight excluding hydrogens is 448 g/mol. The van der Waals surface area contributed by atoms with Crippen molar-refractivity contribution in [3.63, 3.8) is 0 Å². The van der Waals surface area contributed by atoms with Gasteiger partial charge in [-0.05, 0) is 63.8 Å². The Morgan fingerprint density at radius 1 is 1.27 bits per heavy atom. The second-order valence-corrected chi connectivity index (χ2v) is 9.68. The monoisotopic (exact) mass is 480 g/mol. The van der Waals surface area contributed by atoms with E-state index < -0.39 is 35.2 Å². The molecule has 1 aromatic carbocycles. The number of hydroxylamine groups is 1. The fourth-order valence-corrected chi connectivity index (χ4v) is 3.81. The number of nitrogens with zero attached hydrogens (tertiary/aromatic N) is 1. The Bertz CT molecular complexity index is 895. The van der Waals surface area contributed by atoms with Crippen LogP contribution in [-0.2, 0) is 30.4 Å². The number of nitrogens with one attached hydrogen (secondary N) is 1. The second-order valence-electron chi connectivity index (χ2n) is 9.24. The van der Waals surface area contributed by atoms with Gasteiger partial charge in [-0.1, -0.05) is 18.5 Å². The molecule has 1 saturated heterocycles. The van der Waals surface area contributed by atoms with E-state index >= 15 is 0 Å². The first-order chi connectivity index (χ1) is 15.4. The molecule has 0 saturated carbocycles. The summed E-state index contributed by atoms with van der Waals surface area (Å²) in [6, 6.07) is 5.13. The van der Waals surface area contributed by atoms with Gasteiger partial charge in [0.2, 0.25) is 17.7 Å². The van der Waals surface area contributed by atoms with Crippen LogP contribution in [0.3, 0.4) is 0 Å². The van der Waals surface area contributed by atoms with E-state index in [-0.39, 0.29) is 31.6 Å². The number of halogens is 1. The highest BCUT2D eigenvalue weighted by atomic mass is 35.5. The second kappa shape index (κ2) is 11.6. The third kappa shape index (κ3) is 7.82. The van der Waals surface area contributed by atoms with Crippen molar-refractivity contribution in [3.05, 3.63) is 28.8 Å². The van der Waals surface area contributed by atoms with Crippen LogP contribution in [0.1, 0.15) is 58.9 Å². The number of benzene rings is 1. The molecule has 1 N–H and O–H groups in total. The maximum absolute atomic E-state index is 13.3. The van der Waals surface area contributed by atoms with Gasteiger partial charge in [0.1, 0.15) is 5.75 Å². The smallest absolute Gasteiger partial charge is 0.247 e. The number of hydrogen-bond donors (Lipinski definition) is 1. The minimum absolute atomic E-state index is 0.189. The third-order valence-corrected chi connectivity index (χ3v) is 5.71. The molecule has 1 fully saturated rings. The van der Waals surface area contributed by atoms with Gasteiger partial charge in [0.15, 0.2) is 5.78 Å². The van der Waals surface area contributed by atoms with Gasteiger partial charge in [0.25, 0.3) is 0 Å². The van der Waals surface area contributed by atoms with Crippen molar-refractivity contribution in [2.75, 3.05) is 13.7 Å². The van der Waals surface area contributed by atoms with E-state index in [4.69, 9.17) is 21.2 Å². The number of methoxy groups -OCH3 is 1. The van der Waals surface area contributed by atoms with E-state index in [1.165, 1.54) is 7.11 Å². The van der Waals surface area contributed by atoms with Crippen LogP contribution >= 0.6 is 11.6 Å². The molecule has 2 atom stereocenters. The fourth-order valence-electron chi connectivity index (χ4n) is 3.62. The summed E-state index contributed by atoms with van der Waals surface area (Å²) < 4.78 is 5.37. The summed E-state index contributed by atoms with van der Waals surface area (Å²) in [5, 5.41) is 0.505. The topological polar surface area (TPSA) is 102 Å². The van der Waals surface area contributed by atoms with Crippen LogP contribution in [-0.4, -0.2) is 47.7 Å². The minimum Gasteiger partial charge on any atom is -0.496 e. The van der Waals surface area contributed by atoms with Crippen molar-refractivity contribution in [2.24, 2.45) is 11.8 Å². The fraction of sp³-hybridized carbons (Fsp3) is 0.583. The van der Waals surface area contributed by atoms with Crippen molar-refractivity contribution in [3.8, 4) is 5.75 Å². The Morgan fingerprint density at radius 3 is 2.58 bits per heavy atom. The molecule has 182 valence electrons. The molecule has 1 heterocycles. The number of hydrogen-bond acceptors (Lipinski definition) is 6. The minimum atomic E-state index is -0.683. The molecule has 0 radical (unpaired) electrons. The zero-order valence-electron chi connectivity index (χ0n) is 19.9. The predicted octanol–water partition coefficient (Wildman–Crippen LogP) is 3.49. The summed E-state index contributed by atoms with van der Waals surface area (Å²) >= 11 is 6.11. The summed E-state index contributed by atoms with van der Waals surface area (Å²) in [7, 11) is 1.53. The van der Waals surface area contributed by atoms with E-state index in [0.29, 0.717) is 23.6 Å². The van der Waals surface area contributed by atoms with E-state index in [0.717, 1.165) is 10.5 Å². The molecule has 1 aliphatic heterocycles. The van der Waals surface area contributed by atoms with Crippen LogP contribution in [0.15, 0.2) is 18.2 Å². The van der Waals surface area contributed by atoms with Crippen molar-refractivity contribution < 1.29 is 28.8 Å². The summed E-state index contributed by atoms with van der Waals surface area (Å²) in [6.07, 6.45) is 0.997. The van der Waals surface area contributed by atoms with E-state index in [1.807, 2.05) is 0 Å². The average Bonchev–Trinajstić information content (AvgIpc) is 2.89. The Kier molecular flexibility index (Phi) is 9.43. The standard InChI is InChI=1S/C24H33ClN2O6/c1-6-15(22(30)26-33-24(2,3)4)13-21(29)27-14-19(28)9-7-16(23(27)31)11-17-12-18(25)8-10-20(17)32-5/h8,10,12,15-16H,6-7,9,11,13-14H2,1-5H3,(H,26,30)/t15-,16?/m0/s1. The quantitative estimate of drug-likeness (QED) is 0.571. The molecule has 3 amide bonds. The summed E-state index contributed by atoms with van der Waals surface area (Å²) in [4.78, 5) is 57.4. The lowest BCUT2D eigenvalue weighted by atomic mass is 9.93. The van der Waals surface area contributed by atoms with Crippen LogP contribution in [0.4, 0.5) is 0 Å². The normalized spacial score (nSPS) is 18.0. The van der Waals surface area contributed by atoms with Gasteiger partial charge in [0, 0.05) is 29.7 Å². The first-order valence-corrected chi connectivity index (χ1v) is 11.5. The van der Waals surface area contributed by atoms with Crippen molar-refractivity contribution in [2.45, 2.75) is 65.4 Å². The number of Topliss-reactive ketones (excluding diaryl/α,β-unsaturated/α-hetero) is 1.